The average Bonchev–Trinajstić information content (AvgIpc) is 2.45. The fourth-order valence-electron chi connectivity index (χ4n) is 2.52. The van der Waals surface area contributed by atoms with Crippen LogP contribution in [0.25, 0.3) is 0 Å². The highest BCUT2D eigenvalue weighted by Gasteiger charge is 2.64. The fraction of sp³-hybridized carbons (Fsp3) is 1.00. The van der Waals surface area contributed by atoms with Crippen LogP contribution in [0.15, 0.2) is 0 Å². The van der Waals surface area contributed by atoms with Crippen LogP contribution in [0.1, 0.15) is 54.9 Å². The SMILES string of the molecule is CC(C)(C)C(N)CCNC1C(C)(C)C1(C)C. The van der Waals surface area contributed by atoms with E-state index in [1.165, 1.54) is 0 Å². The van der Waals surface area contributed by atoms with Gasteiger partial charge in [-0.2, -0.15) is 0 Å². The molecular weight excluding hydrogens is 196 g/mol. The van der Waals surface area contributed by atoms with E-state index in [0.29, 0.717) is 16.9 Å². The zero-order chi connectivity index (χ0) is 12.8. The Morgan fingerprint density at radius 2 is 1.56 bits per heavy atom. The second-order valence-corrected chi connectivity index (χ2v) is 7.59. The summed E-state index contributed by atoms with van der Waals surface area (Å²) in [6.45, 7) is 17.0. The molecule has 0 aromatic rings. The van der Waals surface area contributed by atoms with Gasteiger partial charge in [-0.15, -0.1) is 0 Å². The van der Waals surface area contributed by atoms with Gasteiger partial charge in [0.15, 0.2) is 0 Å². The van der Waals surface area contributed by atoms with E-state index >= 15 is 0 Å². The van der Waals surface area contributed by atoms with Crippen molar-refractivity contribution in [3.63, 3.8) is 0 Å². The van der Waals surface area contributed by atoms with Crippen molar-refractivity contribution in [1.29, 1.82) is 0 Å². The van der Waals surface area contributed by atoms with Crippen molar-refractivity contribution in [1.82, 2.24) is 5.32 Å². The zero-order valence-electron chi connectivity index (χ0n) is 12.1. The van der Waals surface area contributed by atoms with E-state index in [4.69, 9.17) is 5.73 Å². The first-order valence-electron chi connectivity index (χ1n) is 6.50. The molecular formula is C14H30N2. The predicted molar refractivity (Wildman–Crippen MR) is 71.4 cm³/mol. The summed E-state index contributed by atoms with van der Waals surface area (Å²) in [6.07, 6.45) is 1.06. The summed E-state index contributed by atoms with van der Waals surface area (Å²) in [5.74, 6) is 0. The summed E-state index contributed by atoms with van der Waals surface area (Å²) in [7, 11) is 0. The molecule has 0 heterocycles. The van der Waals surface area contributed by atoms with Crippen LogP contribution in [-0.2, 0) is 0 Å². The second kappa shape index (κ2) is 3.99. The normalized spacial score (nSPS) is 25.5. The fourth-order valence-corrected chi connectivity index (χ4v) is 2.52. The van der Waals surface area contributed by atoms with E-state index in [-0.39, 0.29) is 11.5 Å². The van der Waals surface area contributed by atoms with Crippen LogP contribution in [0, 0.1) is 16.2 Å². The molecule has 1 atom stereocenters. The summed E-state index contributed by atoms with van der Waals surface area (Å²) < 4.78 is 0. The highest BCUT2D eigenvalue weighted by molar-refractivity contribution is 5.17. The zero-order valence-corrected chi connectivity index (χ0v) is 12.1. The van der Waals surface area contributed by atoms with Gasteiger partial charge in [0.25, 0.3) is 0 Å². The Hall–Kier alpha value is -0.0800. The summed E-state index contributed by atoms with van der Waals surface area (Å²) in [6, 6.07) is 0.928. The quantitative estimate of drug-likeness (QED) is 0.773. The van der Waals surface area contributed by atoms with Crippen molar-refractivity contribution in [2.45, 2.75) is 67.0 Å². The van der Waals surface area contributed by atoms with Crippen molar-refractivity contribution in [2.24, 2.45) is 22.0 Å². The number of nitrogens with one attached hydrogen (secondary N) is 1. The van der Waals surface area contributed by atoms with Gasteiger partial charge in [-0.05, 0) is 29.2 Å². The van der Waals surface area contributed by atoms with Crippen molar-refractivity contribution < 1.29 is 0 Å². The Morgan fingerprint density at radius 1 is 1.12 bits per heavy atom. The molecule has 1 saturated carbocycles. The van der Waals surface area contributed by atoms with E-state index < -0.39 is 0 Å². The highest BCUT2D eigenvalue weighted by atomic mass is 15.0. The molecule has 1 aliphatic carbocycles. The molecule has 1 aliphatic rings. The third-order valence-electron chi connectivity index (χ3n) is 4.94. The standard InChI is InChI=1S/C14H30N2/c1-12(2,3)10(15)8-9-16-11-13(4,5)14(11,6)7/h10-11,16H,8-9,15H2,1-7H3. The Kier molecular flexibility index (Phi) is 3.49. The minimum absolute atomic E-state index is 0.219. The molecule has 1 fully saturated rings. The maximum Gasteiger partial charge on any atom is 0.0181 e. The third kappa shape index (κ3) is 2.43. The van der Waals surface area contributed by atoms with Gasteiger partial charge in [0.1, 0.15) is 0 Å². The summed E-state index contributed by atoms with van der Waals surface area (Å²) >= 11 is 0. The van der Waals surface area contributed by atoms with Gasteiger partial charge >= 0.3 is 0 Å². The first kappa shape index (κ1) is 14.0. The first-order valence-corrected chi connectivity index (χ1v) is 6.50. The van der Waals surface area contributed by atoms with Gasteiger partial charge < -0.3 is 11.1 Å². The second-order valence-electron chi connectivity index (χ2n) is 7.59. The van der Waals surface area contributed by atoms with Gasteiger partial charge in [0.2, 0.25) is 0 Å². The van der Waals surface area contributed by atoms with E-state index in [0.717, 1.165) is 13.0 Å². The van der Waals surface area contributed by atoms with E-state index in [1.54, 1.807) is 0 Å². The monoisotopic (exact) mass is 226 g/mol. The molecule has 0 saturated heterocycles. The van der Waals surface area contributed by atoms with Crippen LogP contribution in [0.5, 0.6) is 0 Å². The van der Waals surface area contributed by atoms with Crippen molar-refractivity contribution >= 4 is 0 Å². The van der Waals surface area contributed by atoms with Crippen LogP contribution in [0.3, 0.4) is 0 Å². The van der Waals surface area contributed by atoms with Gasteiger partial charge in [-0.3, -0.25) is 0 Å². The molecule has 0 spiro atoms. The molecule has 0 bridgehead atoms. The molecule has 0 radical (unpaired) electrons. The average molecular weight is 226 g/mol. The first-order chi connectivity index (χ1) is 7.01. The van der Waals surface area contributed by atoms with Crippen molar-refractivity contribution in [3.8, 4) is 0 Å². The Morgan fingerprint density at radius 3 is 1.88 bits per heavy atom. The molecule has 96 valence electrons. The lowest BCUT2D eigenvalue weighted by Crippen LogP contribution is -2.38. The maximum atomic E-state index is 6.15. The molecule has 2 heteroatoms. The van der Waals surface area contributed by atoms with Crippen LogP contribution in [0.4, 0.5) is 0 Å². The molecule has 0 amide bonds. The molecule has 16 heavy (non-hydrogen) atoms. The summed E-state index contributed by atoms with van der Waals surface area (Å²) in [5.41, 5.74) is 7.23. The van der Waals surface area contributed by atoms with Crippen LogP contribution in [0.2, 0.25) is 0 Å². The number of rotatable bonds is 4. The Labute approximate surface area is 101 Å². The van der Waals surface area contributed by atoms with E-state index in [2.05, 4.69) is 53.8 Å². The van der Waals surface area contributed by atoms with Gasteiger partial charge in [0.05, 0.1) is 0 Å². The lowest BCUT2D eigenvalue weighted by atomic mass is 9.85. The van der Waals surface area contributed by atoms with Crippen LogP contribution >= 0.6 is 0 Å². The maximum absolute atomic E-state index is 6.15. The third-order valence-corrected chi connectivity index (χ3v) is 4.94. The molecule has 3 N–H and O–H groups in total. The largest absolute Gasteiger partial charge is 0.327 e. The highest BCUT2D eigenvalue weighted by Crippen LogP contribution is 2.62. The van der Waals surface area contributed by atoms with Crippen LogP contribution < -0.4 is 11.1 Å². The molecule has 0 aromatic heterocycles. The molecule has 1 rings (SSSR count). The minimum atomic E-state index is 0.219. The summed E-state index contributed by atoms with van der Waals surface area (Å²) in [5, 5.41) is 3.66. The predicted octanol–water partition coefficient (Wildman–Crippen LogP) is 2.77. The number of nitrogens with two attached hydrogens (primary N) is 1. The van der Waals surface area contributed by atoms with Gasteiger partial charge in [-0.1, -0.05) is 48.5 Å². The smallest absolute Gasteiger partial charge is 0.0181 e. The number of hydrogen-bond acceptors (Lipinski definition) is 2. The van der Waals surface area contributed by atoms with E-state index in [1.807, 2.05) is 0 Å². The number of hydrogen-bond donors (Lipinski definition) is 2. The van der Waals surface area contributed by atoms with Crippen LogP contribution in [-0.4, -0.2) is 18.6 Å². The summed E-state index contributed by atoms with van der Waals surface area (Å²) in [4.78, 5) is 0. The van der Waals surface area contributed by atoms with E-state index in [9.17, 15) is 0 Å². The van der Waals surface area contributed by atoms with Gasteiger partial charge in [0, 0.05) is 12.1 Å². The molecule has 0 aliphatic heterocycles. The topological polar surface area (TPSA) is 38.0 Å². The van der Waals surface area contributed by atoms with Crippen molar-refractivity contribution in [2.75, 3.05) is 6.54 Å². The lowest BCUT2D eigenvalue weighted by molar-refractivity contribution is 0.300. The Bertz CT molecular complexity index is 234. The van der Waals surface area contributed by atoms with Gasteiger partial charge in [-0.25, -0.2) is 0 Å². The molecule has 2 nitrogen and oxygen atoms in total. The van der Waals surface area contributed by atoms with Crippen molar-refractivity contribution in [3.05, 3.63) is 0 Å². The lowest BCUT2D eigenvalue weighted by Gasteiger charge is -2.27. The molecule has 1 unspecified atom stereocenters. The minimum Gasteiger partial charge on any atom is -0.327 e. The molecule has 0 aromatic carbocycles. The Balaban J connectivity index is 2.29.